The van der Waals surface area contributed by atoms with E-state index in [-0.39, 0.29) is 23.9 Å². The Morgan fingerprint density at radius 2 is 2.00 bits per heavy atom. The molecule has 4 rings (SSSR count). The minimum absolute atomic E-state index is 0.0647. The number of anilines is 3. The van der Waals surface area contributed by atoms with Gasteiger partial charge in [-0.1, -0.05) is 30.3 Å². The first kappa shape index (κ1) is 20.3. The number of hydrogen-bond acceptors (Lipinski definition) is 8. The Balaban J connectivity index is 1.65. The van der Waals surface area contributed by atoms with Crippen LogP contribution in [-0.4, -0.2) is 34.0 Å². The summed E-state index contributed by atoms with van der Waals surface area (Å²) in [5, 5.41) is 14.9. The Hall–Kier alpha value is -4.01. The third-order valence-electron chi connectivity index (χ3n) is 5.05. The van der Waals surface area contributed by atoms with Gasteiger partial charge in [-0.05, 0) is 42.7 Å². The Bertz CT molecular complexity index is 1130. The van der Waals surface area contributed by atoms with Crippen molar-refractivity contribution in [2.75, 3.05) is 23.4 Å². The van der Waals surface area contributed by atoms with Crippen LogP contribution in [0.1, 0.15) is 28.4 Å². The summed E-state index contributed by atoms with van der Waals surface area (Å²) < 4.78 is 5.02. The van der Waals surface area contributed by atoms with Gasteiger partial charge in [-0.2, -0.15) is 0 Å². The van der Waals surface area contributed by atoms with Gasteiger partial charge in [0.15, 0.2) is 0 Å². The van der Waals surface area contributed by atoms with Crippen LogP contribution in [0.3, 0.4) is 0 Å². The molecule has 9 nitrogen and oxygen atoms in total. The molecule has 1 N–H and O–H groups in total. The van der Waals surface area contributed by atoms with E-state index in [4.69, 9.17) is 4.74 Å². The molecule has 31 heavy (non-hydrogen) atoms. The van der Waals surface area contributed by atoms with Gasteiger partial charge in [0, 0.05) is 18.8 Å². The Kier molecular flexibility index (Phi) is 5.74. The molecule has 0 saturated heterocycles. The summed E-state index contributed by atoms with van der Waals surface area (Å²) >= 11 is 0. The van der Waals surface area contributed by atoms with Crippen LogP contribution in [0.15, 0.2) is 54.9 Å². The molecule has 0 aliphatic carbocycles. The van der Waals surface area contributed by atoms with Crippen molar-refractivity contribution in [1.29, 1.82) is 0 Å². The predicted octanol–water partition coefficient (Wildman–Crippen LogP) is 3.87. The Labute approximate surface area is 178 Å². The summed E-state index contributed by atoms with van der Waals surface area (Å²) in [5.41, 5.74) is 2.99. The number of rotatable bonds is 6. The van der Waals surface area contributed by atoms with Crippen molar-refractivity contribution in [3.05, 3.63) is 81.7 Å². The number of ether oxygens (including phenoxy) is 1. The van der Waals surface area contributed by atoms with Crippen LogP contribution in [0.4, 0.5) is 23.0 Å². The molecular formula is C22H21N5O4. The normalized spacial score (nSPS) is 12.7. The first-order valence-electron chi connectivity index (χ1n) is 9.92. The fourth-order valence-electron chi connectivity index (χ4n) is 3.61. The molecule has 0 radical (unpaired) electrons. The molecule has 0 fully saturated rings. The van der Waals surface area contributed by atoms with Gasteiger partial charge in [-0.25, -0.2) is 14.8 Å². The van der Waals surface area contributed by atoms with Crippen molar-refractivity contribution in [2.24, 2.45) is 0 Å². The minimum atomic E-state index is -0.479. The van der Waals surface area contributed by atoms with Crippen molar-refractivity contribution < 1.29 is 14.5 Å². The van der Waals surface area contributed by atoms with Crippen LogP contribution in [0.25, 0.3) is 0 Å². The van der Waals surface area contributed by atoms with Crippen molar-refractivity contribution >= 4 is 29.0 Å². The molecule has 3 aromatic rings. The largest absolute Gasteiger partial charge is 0.462 e. The Morgan fingerprint density at radius 1 is 1.19 bits per heavy atom. The minimum Gasteiger partial charge on any atom is -0.462 e. The van der Waals surface area contributed by atoms with Crippen LogP contribution in [0, 0.1) is 10.1 Å². The van der Waals surface area contributed by atoms with Crippen LogP contribution in [-0.2, 0) is 17.7 Å². The van der Waals surface area contributed by atoms with Crippen LogP contribution in [0.2, 0.25) is 0 Å². The maximum Gasteiger partial charge on any atom is 0.353 e. The zero-order valence-electron chi connectivity index (χ0n) is 16.9. The third-order valence-corrected chi connectivity index (χ3v) is 5.05. The summed E-state index contributed by atoms with van der Waals surface area (Å²) in [6.07, 6.45) is 2.09. The number of carbonyl (C=O) groups is 1. The molecule has 1 aliphatic heterocycles. The van der Waals surface area contributed by atoms with Gasteiger partial charge in [0.1, 0.15) is 6.33 Å². The lowest BCUT2D eigenvalue weighted by atomic mass is 10.00. The maximum absolute atomic E-state index is 12.0. The average molecular weight is 419 g/mol. The molecule has 9 heteroatoms. The second-order valence-electron chi connectivity index (χ2n) is 7.02. The SMILES string of the molecule is CCOC(=O)c1cccc(Nc2ncnc(N3CCc4ccccc4C3)c2[N+](=O)[O-])c1. The highest BCUT2D eigenvalue weighted by Gasteiger charge is 2.29. The highest BCUT2D eigenvalue weighted by molar-refractivity contribution is 5.91. The third kappa shape index (κ3) is 4.30. The molecule has 0 saturated carbocycles. The standard InChI is InChI=1S/C22H21N5O4/c1-2-31-22(28)16-8-5-9-18(12-16)25-20-19(27(29)30)21(24-14-23-20)26-11-10-15-6-3-4-7-17(15)13-26/h3-9,12,14H,2,10-11,13H2,1H3,(H,23,24,25). The number of nitrogens with zero attached hydrogens (tertiary/aromatic N) is 4. The first-order chi connectivity index (χ1) is 15.1. The highest BCUT2D eigenvalue weighted by atomic mass is 16.6. The molecule has 0 amide bonds. The molecule has 1 aliphatic rings. The molecule has 0 spiro atoms. The second-order valence-corrected chi connectivity index (χ2v) is 7.02. The van der Waals surface area contributed by atoms with Crippen LogP contribution < -0.4 is 10.2 Å². The molecule has 1 aromatic heterocycles. The van der Waals surface area contributed by atoms with E-state index in [1.54, 1.807) is 31.2 Å². The van der Waals surface area contributed by atoms with E-state index in [1.807, 2.05) is 23.1 Å². The number of benzene rings is 2. The lowest BCUT2D eigenvalue weighted by Crippen LogP contribution is -2.31. The van der Waals surface area contributed by atoms with E-state index in [1.165, 1.54) is 11.9 Å². The number of fused-ring (bicyclic) bond motifs is 1. The maximum atomic E-state index is 12.0. The number of nitrogens with one attached hydrogen (secondary N) is 1. The van der Waals surface area contributed by atoms with E-state index in [0.29, 0.717) is 24.3 Å². The second kappa shape index (κ2) is 8.78. The molecule has 0 bridgehead atoms. The lowest BCUT2D eigenvalue weighted by Gasteiger charge is -2.29. The number of carbonyl (C=O) groups excluding carboxylic acids is 1. The van der Waals surface area contributed by atoms with Crippen molar-refractivity contribution in [3.63, 3.8) is 0 Å². The fourth-order valence-corrected chi connectivity index (χ4v) is 3.61. The van der Waals surface area contributed by atoms with Gasteiger partial charge >= 0.3 is 11.7 Å². The zero-order valence-corrected chi connectivity index (χ0v) is 16.9. The molecular weight excluding hydrogens is 398 g/mol. The van der Waals surface area contributed by atoms with Gasteiger partial charge in [0.2, 0.25) is 11.6 Å². The molecule has 158 valence electrons. The van der Waals surface area contributed by atoms with Crippen LogP contribution in [0.5, 0.6) is 0 Å². The number of hydrogen-bond donors (Lipinski definition) is 1. The van der Waals surface area contributed by atoms with E-state index in [0.717, 1.165) is 12.0 Å². The van der Waals surface area contributed by atoms with Crippen molar-refractivity contribution in [2.45, 2.75) is 19.9 Å². The summed E-state index contributed by atoms with van der Waals surface area (Å²) in [6.45, 7) is 3.14. The highest BCUT2D eigenvalue weighted by Crippen LogP contribution is 2.35. The zero-order chi connectivity index (χ0) is 21.8. The van der Waals surface area contributed by atoms with E-state index in [9.17, 15) is 14.9 Å². The van der Waals surface area contributed by atoms with Gasteiger partial charge in [0.05, 0.1) is 17.1 Å². The monoisotopic (exact) mass is 419 g/mol. The molecule has 2 aromatic carbocycles. The topological polar surface area (TPSA) is 110 Å². The van der Waals surface area contributed by atoms with E-state index < -0.39 is 10.9 Å². The molecule has 0 atom stereocenters. The lowest BCUT2D eigenvalue weighted by molar-refractivity contribution is -0.383. The predicted molar refractivity (Wildman–Crippen MR) is 116 cm³/mol. The van der Waals surface area contributed by atoms with Gasteiger partial charge in [0.25, 0.3) is 0 Å². The molecule has 2 heterocycles. The van der Waals surface area contributed by atoms with Crippen molar-refractivity contribution in [3.8, 4) is 0 Å². The van der Waals surface area contributed by atoms with Gasteiger partial charge in [-0.3, -0.25) is 10.1 Å². The van der Waals surface area contributed by atoms with Crippen LogP contribution >= 0.6 is 0 Å². The van der Waals surface area contributed by atoms with Crippen molar-refractivity contribution in [1.82, 2.24) is 9.97 Å². The summed E-state index contributed by atoms with van der Waals surface area (Å²) in [5.74, 6) is -0.135. The smallest absolute Gasteiger partial charge is 0.353 e. The summed E-state index contributed by atoms with van der Waals surface area (Å²) in [7, 11) is 0. The van der Waals surface area contributed by atoms with E-state index in [2.05, 4.69) is 21.4 Å². The Morgan fingerprint density at radius 3 is 2.77 bits per heavy atom. The van der Waals surface area contributed by atoms with Gasteiger partial charge < -0.3 is 15.0 Å². The summed E-state index contributed by atoms with van der Waals surface area (Å²) in [6, 6.07) is 14.6. The summed E-state index contributed by atoms with van der Waals surface area (Å²) in [4.78, 5) is 33.7. The van der Waals surface area contributed by atoms with E-state index >= 15 is 0 Å². The average Bonchev–Trinajstić information content (AvgIpc) is 2.79. The number of aromatic nitrogens is 2. The molecule has 0 unspecified atom stereocenters. The number of esters is 1. The fraction of sp³-hybridized carbons (Fsp3) is 0.227. The quantitative estimate of drug-likeness (QED) is 0.364. The first-order valence-corrected chi connectivity index (χ1v) is 9.92. The number of nitro groups is 1. The van der Waals surface area contributed by atoms with Gasteiger partial charge in [-0.15, -0.1) is 0 Å².